The molecule has 0 saturated carbocycles. The maximum atomic E-state index is 12.5. The molecule has 5 atom stereocenters. The Kier molecular flexibility index (Phi) is 5.66. The molecule has 3 rings (SSSR count). The molecule has 0 radical (unpaired) electrons. The minimum Gasteiger partial charge on any atom is -0.394 e. The molecule has 1 aromatic rings. The number of carbonyl (C=O) groups is 2. The summed E-state index contributed by atoms with van der Waals surface area (Å²) in [7, 11) is 1.61. The number of benzene rings is 1. The van der Waals surface area contributed by atoms with Crippen molar-refractivity contribution in [1.29, 1.82) is 0 Å². The Labute approximate surface area is 161 Å². The average molecular weight is 393 g/mol. The van der Waals surface area contributed by atoms with Crippen molar-refractivity contribution < 1.29 is 34.5 Å². The zero-order valence-electron chi connectivity index (χ0n) is 15.7. The van der Waals surface area contributed by atoms with E-state index in [9.17, 15) is 24.9 Å². The molecule has 10 heteroatoms. The van der Waals surface area contributed by atoms with Gasteiger partial charge in [-0.05, 0) is 19.1 Å². The van der Waals surface area contributed by atoms with Gasteiger partial charge in [-0.25, -0.2) is 0 Å². The van der Waals surface area contributed by atoms with Crippen LogP contribution in [-0.2, 0) is 19.2 Å². The summed E-state index contributed by atoms with van der Waals surface area (Å²) in [5.74, 6) is -0.868. The van der Waals surface area contributed by atoms with Crippen molar-refractivity contribution in [2.45, 2.75) is 44.5 Å². The first-order chi connectivity index (χ1) is 13.2. The normalized spacial score (nSPS) is 31.1. The smallest absolute Gasteiger partial charge is 0.280 e. The highest BCUT2D eigenvalue weighted by Gasteiger charge is 2.46. The minimum atomic E-state index is -1.46. The van der Waals surface area contributed by atoms with Gasteiger partial charge in [0.15, 0.2) is 5.71 Å². The standard InChI is InChI=1S/C18H23N3O7/c1-8-4-5-11-10(6-8)13(17(26)21(11)3)20-28-18-14(19-9(2)23)16(25)15(24)12(7-22)27-18/h4-6,12,14-16,18,22,24-25H,7H2,1-3H3,(H,19,23)/b20-13-/t12-,14-,15+,16-,18-/m0/s1. The van der Waals surface area contributed by atoms with Gasteiger partial charge in [0.25, 0.3) is 5.91 Å². The van der Waals surface area contributed by atoms with Crippen LogP contribution in [0.4, 0.5) is 5.69 Å². The van der Waals surface area contributed by atoms with E-state index in [0.29, 0.717) is 11.3 Å². The number of hydrogen-bond acceptors (Lipinski definition) is 8. The van der Waals surface area contributed by atoms with Crippen LogP contribution in [0.2, 0.25) is 0 Å². The second-order valence-corrected chi connectivity index (χ2v) is 6.86. The van der Waals surface area contributed by atoms with Gasteiger partial charge in [0.05, 0.1) is 12.3 Å². The Hall–Kier alpha value is -2.53. The molecule has 0 unspecified atom stereocenters. The first-order valence-electron chi connectivity index (χ1n) is 8.77. The molecular formula is C18H23N3O7. The zero-order chi connectivity index (χ0) is 20.6. The quantitative estimate of drug-likeness (QED) is 0.463. The van der Waals surface area contributed by atoms with E-state index in [4.69, 9.17) is 9.57 Å². The number of likely N-dealkylation sites (N-methyl/N-ethyl adjacent to an activating group) is 1. The van der Waals surface area contributed by atoms with Crippen LogP contribution in [0.3, 0.4) is 0 Å². The number of aliphatic hydroxyl groups is 3. The van der Waals surface area contributed by atoms with E-state index in [0.717, 1.165) is 5.56 Å². The number of anilines is 1. The highest BCUT2D eigenvalue weighted by atomic mass is 16.8. The molecule has 1 aromatic carbocycles. The molecule has 28 heavy (non-hydrogen) atoms. The molecule has 0 aromatic heterocycles. The lowest BCUT2D eigenvalue weighted by molar-refractivity contribution is -0.270. The van der Waals surface area contributed by atoms with Crippen LogP contribution in [-0.4, -0.2) is 77.1 Å². The van der Waals surface area contributed by atoms with Gasteiger partial charge in [0.1, 0.15) is 24.4 Å². The van der Waals surface area contributed by atoms with Gasteiger partial charge in [-0.3, -0.25) is 9.59 Å². The Balaban J connectivity index is 1.89. The van der Waals surface area contributed by atoms with Crippen LogP contribution < -0.4 is 10.2 Å². The predicted molar refractivity (Wildman–Crippen MR) is 97.6 cm³/mol. The van der Waals surface area contributed by atoms with Crippen molar-refractivity contribution in [3.05, 3.63) is 29.3 Å². The Bertz CT molecular complexity index is 812. The van der Waals surface area contributed by atoms with E-state index in [1.807, 2.05) is 13.0 Å². The molecule has 2 aliphatic heterocycles. The highest BCUT2D eigenvalue weighted by Crippen LogP contribution is 2.30. The Morgan fingerprint density at radius 3 is 2.71 bits per heavy atom. The summed E-state index contributed by atoms with van der Waals surface area (Å²) in [6, 6.07) is 4.31. The summed E-state index contributed by atoms with van der Waals surface area (Å²) in [5.41, 5.74) is 2.23. The molecule has 152 valence electrons. The maximum absolute atomic E-state index is 12.5. The van der Waals surface area contributed by atoms with Crippen LogP contribution in [0.1, 0.15) is 18.1 Å². The fourth-order valence-corrected chi connectivity index (χ4v) is 3.27. The van der Waals surface area contributed by atoms with Crippen LogP contribution in [0.5, 0.6) is 0 Å². The molecule has 4 N–H and O–H groups in total. The number of carbonyl (C=O) groups excluding carboxylic acids is 2. The Morgan fingerprint density at radius 1 is 1.36 bits per heavy atom. The van der Waals surface area contributed by atoms with Crippen molar-refractivity contribution in [2.75, 3.05) is 18.6 Å². The third-order valence-corrected chi connectivity index (χ3v) is 4.77. The number of aryl methyl sites for hydroxylation is 1. The number of amides is 2. The second kappa shape index (κ2) is 7.84. The molecule has 2 heterocycles. The van der Waals surface area contributed by atoms with Crippen LogP contribution >= 0.6 is 0 Å². The summed E-state index contributed by atoms with van der Waals surface area (Å²) in [6.45, 7) is 2.53. The third kappa shape index (κ3) is 3.59. The number of oxime groups is 1. The largest absolute Gasteiger partial charge is 0.394 e. The monoisotopic (exact) mass is 393 g/mol. The van der Waals surface area contributed by atoms with Crippen molar-refractivity contribution in [3.8, 4) is 0 Å². The first-order valence-corrected chi connectivity index (χ1v) is 8.77. The van der Waals surface area contributed by atoms with Gasteiger partial charge in [-0.2, -0.15) is 0 Å². The van der Waals surface area contributed by atoms with Gasteiger partial charge >= 0.3 is 0 Å². The SMILES string of the molecule is CC(=O)N[C@@H]1[C@H](O/N=C2\C(=O)N(C)c3ccc(C)cc32)O[C@@H](CO)[C@@H](O)[C@H]1O. The van der Waals surface area contributed by atoms with Crippen molar-refractivity contribution >= 4 is 23.2 Å². The van der Waals surface area contributed by atoms with Crippen molar-refractivity contribution in [3.63, 3.8) is 0 Å². The number of nitrogens with one attached hydrogen (secondary N) is 1. The Morgan fingerprint density at radius 2 is 2.07 bits per heavy atom. The molecule has 1 saturated heterocycles. The molecule has 2 amide bonds. The lowest BCUT2D eigenvalue weighted by atomic mass is 9.97. The zero-order valence-corrected chi connectivity index (χ0v) is 15.7. The van der Waals surface area contributed by atoms with Gasteiger partial charge < -0.3 is 35.1 Å². The highest BCUT2D eigenvalue weighted by molar-refractivity contribution is 6.54. The molecule has 10 nitrogen and oxygen atoms in total. The van der Waals surface area contributed by atoms with Gasteiger partial charge in [0, 0.05) is 19.5 Å². The number of rotatable bonds is 4. The van der Waals surface area contributed by atoms with Gasteiger partial charge in [-0.15, -0.1) is 0 Å². The lowest BCUT2D eigenvalue weighted by Gasteiger charge is -2.40. The fourth-order valence-electron chi connectivity index (χ4n) is 3.27. The third-order valence-electron chi connectivity index (χ3n) is 4.77. The maximum Gasteiger partial charge on any atom is 0.280 e. The van der Waals surface area contributed by atoms with Crippen LogP contribution in [0.25, 0.3) is 0 Å². The summed E-state index contributed by atoms with van der Waals surface area (Å²) in [5, 5.41) is 36.0. The molecule has 0 bridgehead atoms. The lowest BCUT2D eigenvalue weighted by Crippen LogP contribution is -2.64. The van der Waals surface area contributed by atoms with E-state index >= 15 is 0 Å². The summed E-state index contributed by atoms with van der Waals surface area (Å²) in [6.07, 6.45) is -5.35. The summed E-state index contributed by atoms with van der Waals surface area (Å²) in [4.78, 5) is 30.8. The second-order valence-electron chi connectivity index (χ2n) is 6.86. The molecular weight excluding hydrogens is 370 g/mol. The van der Waals surface area contributed by atoms with Crippen LogP contribution in [0.15, 0.2) is 23.4 Å². The molecule has 2 aliphatic rings. The first kappa shape index (κ1) is 20.2. The molecule has 0 aliphatic carbocycles. The van der Waals surface area contributed by atoms with Gasteiger partial charge in [-0.1, -0.05) is 16.8 Å². The topological polar surface area (TPSA) is 141 Å². The number of nitrogens with zero attached hydrogens (tertiary/aromatic N) is 2. The minimum absolute atomic E-state index is 0.0486. The molecule has 0 spiro atoms. The van der Waals surface area contributed by atoms with Gasteiger partial charge in [0.2, 0.25) is 12.2 Å². The van der Waals surface area contributed by atoms with Crippen LogP contribution in [0, 0.1) is 6.92 Å². The predicted octanol–water partition coefficient (Wildman–Crippen LogP) is -1.36. The van der Waals surface area contributed by atoms with E-state index in [1.165, 1.54) is 11.8 Å². The van der Waals surface area contributed by atoms with Crippen molar-refractivity contribution in [2.24, 2.45) is 5.16 Å². The van der Waals surface area contributed by atoms with E-state index in [2.05, 4.69) is 10.5 Å². The van der Waals surface area contributed by atoms with E-state index in [1.54, 1.807) is 19.2 Å². The van der Waals surface area contributed by atoms with E-state index in [-0.39, 0.29) is 11.6 Å². The average Bonchev–Trinajstić information content (AvgIpc) is 2.88. The molecule has 1 fully saturated rings. The van der Waals surface area contributed by atoms with E-state index < -0.39 is 43.2 Å². The number of fused-ring (bicyclic) bond motifs is 1. The number of aliphatic hydroxyl groups excluding tert-OH is 3. The number of hydrogen-bond donors (Lipinski definition) is 4. The number of ether oxygens (including phenoxy) is 1. The summed E-state index contributed by atoms with van der Waals surface area (Å²) < 4.78 is 5.44. The summed E-state index contributed by atoms with van der Waals surface area (Å²) >= 11 is 0. The fraction of sp³-hybridized carbons (Fsp3) is 0.500. The van der Waals surface area contributed by atoms with Crippen molar-refractivity contribution in [1.82, 2.24) is 5.32 Å².